The van der Waals surface area contributed by atoms with Crippen LogP contribution < -0.4 is 39.4 Å². The number of aromatic nitrogens is 1. The van der Waals surface area contributed by atoms with E-state index in [1.54, 1.807) is 11.9 Å². The SMILES string of the molecule is C=CCOC(=O)N1c2cc(OCCCNC(=O)c3ccc(C(=O)NCCCOc4cc5c(cc4OC)C(=O)N4CCC[C@H]4[C@H](O)N5C(=O)OCC=C)n3C)c(OC)cc2C(=O)N2CCCC2(C=C)[C@@H]1O. The normalized spacial score (nSPS) is 20.2. The molecule has 21 heteroatoms. The lowest BCUT2D eigenvalue weighted by molar-refractivity contribution is 0.0220. The van der Waals surface area contributed by atoms with Crippen molar-refractivity contribution in [2.24, 2.45) is 7.05 Å². The fourth-order valence-corrected chi connectivity index (χ4v) is 9.31. The van der Waals surface area contributed by atoms with Crippen molar-refractivity contribution in [1.82, 2.24) is 25.0 Å². The molecule has 7 rings (SSSR count). The number of nitrogens with zero attached hydrogens (tertiary/aromatic N) is 5. The van der Waals surface area contributed by atoms with Crippen molar-refractivity contribution < 1.29 is 67.4 Å². The van der Waals surface area contributed by atoms with E-state index in [2.05, 4.69) is 30.4 Å². The van der Waals surface area contributed by atoms with Crippen molar-refractivity contribution >= 4 is 47.2 Å². The highest BCUT2D eigenvalue weighted by molar-refractivity contribution is 6.07. The van der Waals surface area contributed by atoms with Crippen LogP contribution in [0.15, 0.2) is 74.4 Å². The molecule has 3 aromatic rings. The number of hydrogen-bond acceptors (Lipinski definition) is 14. The minimum absolute atomic E-state index is 0.0598. The van der Waals surface area contributed by atoms with Gasteiger partial charge in [-0.15, -0.1) is 6.58 Å². The summed E-state index contributed by atoms with van der Waals surface area (Å²) in [6.07, 6.45) is 2.39. The van der Waals surface area contributed by atoms with Crippen molar-refractivity contribution in [2.45, 2.75) is 62.6 Å². The first kappa shape index (κ1) is 50.4. The van der Waals surface area contributed by atoms with Crippen molar-refractivity contribution in [1.29, 1.82) is 0 Å². The van der Waals surface area contributed by atoms with Gasteiger partial charge in [-0.3, -0.25) is 19.2 Å². The van der Waals surface area contributed by atoms with Crippen LogP contribution >= 0.6 is 0 Å². The van der Waals surface area contributed by atoms with Crippen molar-refractivity contribution in [3.05, 3.63) is 96.9 Å². The number of benzene rings is 2. The molecule has 4 aliphatic heterocycles. The molecule has 4 aliphatic rings. The van der Waals surface area contributed by atoms with Gasteiger partial charge in [0.15, 0.2) is 35.5 Å². The average molecular weight is 970 g/mol. The van der Waals surface area contributed by atoms with Crippen LogP contribution in [-0.4, -0.2) is 151 Å². The first-order chi connectivity index (χ1) is 33.8. The van der Waals surface area contributed by atoms with Crippen molar-refractivity contribution in [2.75, 3.05) is 76.6 Å². The van der Waals surface area contributed by atoms with E-state index < -0.39 is 53.9 Å². The molecule has 0 saturated carbocycles. The van der Waals surface area contributed by atoms with Gasteiger partial charge in [-0.1, -0.05) is 31.4 Å². The second-order valence-corrected chi connectivity index (χ2v) is 16.8. The Bertz CT molecular complexity index is 2540. The number of methoxy groups -OCH3 is 2. The van der Waals surface area contributed by atoms with E-state index in [0.29, 0.717) is 51.6 Å². The summed E-state index contributed by atoms with van der Waals surface area (Å²) in [5.74, 6) is -0.842. The summed E-state index contributed by atoms with van der Waals surface area (Å²) in [4.78, 5) is 85.9. The zero-order valence-corrected chi connectivity index (χ0v) is 39.5. The molecule has 0 bridgehead atoms. The van der Waals surface area contributed by atoms with Gasteiger partial charge in [0.2, 0.25) is 0 Å². The third kappa shape index (κ3) is 9.58. The fraction of sp³-hybridized carbons (Fsp3) is 0.429. The summed E-state index contributed by atoms with van der Waals surface area (Å²) in [5.41, 5.74) is -0.399. The molecule has 4 atom stereocenters. The Hall–Kier alpha value is -7.52. The van der Waals surface area contributed by atoms with Gasteiger partial charge in [0.05, 0.1) is 56.0 Å². The Balaban J connectivity index is 0.926. The van der Waals surface area contributed by atoms with Gasteiger partial charge >= 0.3 is 12.2 Å². The number of fused-ring (bicyclic) bond motifs is 4. The predicted molar refractivity (Wildman–Crippen MR) is 254 cm³/mol. The number of hydrogen-bond donors (Lipinski definition) is 4. The fourth-order valence-electron chi connectivity index (χ4n) is 9.31. The molecular weight excluding hydrogens is 911 g/mol. The first-order valence-corrected chi connectivity index (χ1v) is 22.9. The third-order valence-corrected chi connectivity index (χ3v) is 12.8. The summed E-state index contributed by atoms with van der Waals surface area (Å²) in [5, 5.41) is 28.7. The second kappa shape index (κ2) is 21.8. The summed E-state index contributed by atoms with van der Waals surface area (Å²) >= 11 is 0. The Kier molecular flexibility index (Phi) is 15.7. The average Bonchev–Trinajstić information content (AvgIpc) is 4.12. The van der Waals surface area contributed by atoms with Crippen LogP contribution in [0.2, 0.25) is 0 Å². The van der Waals surface area contributed by atoms with Gasteiger partial charge in [0.1, 0.15) is 30.1 Å². The number of nitrogens with one attached hydrogen (secondary N) is 2. The number of aliphatic hydroxyl groups excluding tert-OH is 2. The summed E-state index contributed by atoms with van der Waals surface area (Å²) < 4.78 is 35.3. The first-order valence-electron chi connectivity index (χ1n) is 22.9. The van der Waals surface area contributed by atoms with E-state index >= 15 is 0 Å². The molecule has 374 valence electrons. The maximum atomic E-state index is 14.0. The molecule has 4 N–H and O–H groups in total. The minimum Gasteiger partial charge on any atom is -0.493 e. The van der Waals surface area contributed by atoms with Gasteiger partial charge in [-0.2, -0.15) is 0 Å². The van der Waals surface area contributed by atoms with E-state index in [9.17, 15) is 39.0 Å². The van der Waals surface area contributed by atoms with Crippen LogP contribution in [0.3, 0.4) is 0 Å². The Labute approximate surface area is 404 Å². The topological polar surface area (TPSA) is 240 Å². The quantitative estimate of drug-likeness (QED) is 0.0977. The van der Waals surface area contributed by atoms with Gasteiger partial charge in [0, 0.05) is 45.4 Å². The Morgan fingerprint density at radius 3 is 1.80 bits per heavy atom. The van der Waals surface area contributed by atoms with Crippen molar-refractivity contribution in [3.8, 4) is 23.0 Å². The molecule has 2 aromatic carbocycles. The highest BCUT2D eigenvalue weighted by Gasteiger charge is 2.54. The molecule has 6 amide bonds. The predicted octanol–water partition coefficient (Wildman–Crippen LogP) is 4.13. The number of carbonyl (C=O) groups is 6. The molecular formula is C49H59N7O14. The smallest absolute Gasteiger partial charge is 0.416 e. The van der Waals surface area contributed by atoms with Crippen LogP contribution in [0, 0.1) is 0 Å². The summed E-state index contributed by atoms with van der Waals surface area (Å²) in [6, 6.07) is 8.26. The molecule has 70 heavy (non-hydrogen) atoms. The van der Waals surface area contributed by atoms with Gasteiger partial charge in [0.25, 0.3) is 23.6 Å². The molecule has 2 fully saturated rings. The van der Waals surface area contributed by atoms with Gasteiger partial charge < -0.3 is 63.6 Å². The minimum atomic E-state index is -1.53. The Morgan fingerprint density at radius 1 is 0.743 bits per heavy atom. The monoisotopic (exact) mass is 969 g/mol. The molecule has 1 aromatic heterocycles. The Morgan fingerprint density at radius 2 is 1.27 bits per heavy atom. The van der Waals surface area contributed by atoms with E-state index in [-0.39, 0.29) is 102 Å². The molecule has 2 saturated heterocycles. The maximum Gasteiger partial charge on any atom is 0.416 e. The maximum absolute atomic E-state index is 14.0. The molecule has 0 spiro atoms. The van der Waals surface area contributed by atoms with Crippen LogP contribution in [0.5, 0.6) is 23.0 Å². The largest absolute Gasteiger partial charge is 0.493 e. The van der Waals surface area contributed by atoms with E-state index in [1.807, 2.05) is 0 Å². The molecule has 5 heterocycles. The molecule has 21 nitrogen and oxygen atoms in total. The highest BCUT2D eigenvalue weighted by Crippen LogP contribution is 2.46. The number of amides is 6. The van der Waals surface area contributed by atoms with Gasteiger partial charge in [-0.25, -0.2) is 19.4 Å². The van der Waals surface area contributed by atoms with Gasteiger partial charge in [-0.05, 0) is 62.8 Å². The van der Waals surface area contributed by atoms with E-state index in [4.69, 9.17) is 28.4 Å². The van der Waals surface area contributed by atoms with Crippen molar-refractivity contribution in [3.63, 3.8) is 0 Å². The molecule has 1 unspecified atom stereocenters. The lowest BCUT2D eigenvalue weighted by Crippen LogP contribution is -2.59. The lowest BCUT2D eigenvalue weighted by atomic mass is 9.93. The standard InChI is InChI=1S/C49H59N7O14/c1-7-22-69-47(63)55-35-28-39(37(65-5)26-30(35)43(59)53-20-10-14-34(53)45(55)61)67-24-12-18-50-41(57)32-15-16-33(52(32)4)42(58)51-19-13-25-68-40-29-36-31(27-38(40)66-6)44(60)54-21-11-17-49(54,9-3)46(62)56(36)48(64)70-23-8-2/h7-9,15-16,26-29,34,45-46,61-62H,1-3,10-14,17-25H2,4-6H3,(H,50,57)(H,51,58)/t34-,45-,46-,49?/m0/s1. The number of rotatable bonds is 19. The van der Waals surface area contributed by atoms with E-state index in [1.165, 1.54) is 78.3 Å². The molecule has 0 aliphatic carbocycles. The number of aliphatic hydroxyl groups is 2. The van der Waals surface area contributed by atoms with E-state index in [0.717, 1.165) is 9.80 Å². The zero-order valence-electron chi connectivity index (χ0n) is 39.5. The van der Waals surface area contributed by atoms with Crippen LogP contribution in [0.1, 0.15) is 80.2 Å². The number of carbonyl (C=O) groups excluding carboxylic acids is 6. The summed E-state index contributed by atoms with van der Waals surface area (Å²) in [7, 11) is 4.42. The number of ether oxygens (including phenoxy) is 6. The van der Waals surface area contributed by atoms with Crippen LogP contribution in [-0.2, 0) is 16.5 Å². The second-order valence-electron chi connectivity index (χ2n) is 16.8. The lowest BCUT2D eigenvalue weighted by Gasteiger charge is -2.40. The summed E-state index contributed by atoms with van der Waals surface area (Å²) in [6.45, 7) is 12.1. The third-order valence-electron chi connectivity index (χ3n) is 12.8. The highest BCUT2D eigenvalue weighted by atomic mass is 16.6. The van der Waals surface area contributed by atoms with Crippen LogP contribution in [0.25, 0.3) is 0 Å². The molecule has 0 radical (unpaired) electrons. The number of anilines is 2. The zero-order chi connectivity index (χ0) is 50.3. The van der Waals surface area contributed by atoms with Crippen LogP contribution in [0.4, 0.5) is 21.0 Å².